The molecule has 0 heterocycles. The van der Waals surface area contributed by atoms with Crippen LogP contribution in [-0.4, -0.2) is 34.6 Å². The van der Waals surface area contributed by atoms with Gasteiger partial charge in [0.1, 0.15) is 0 Å². The van der Waals surface area contributed by atoms with Crippen LogP contribution in [0.2, 0.25) is 0 Å². The molecule has 0 aromatic carbocycles. The fourth-order valence-corrected chi connectivity index (χ4v) is 3.22. The van der Waals surface area contributed by atoms with Crippen LogP contribution in [0.3, 0.4) is 0 Å². The van der Waals surface area contributed by atoms with E-state index in [0.29, 0.717) is 0 Å². The van der Waals surface area contributed by atoms with E-state index in [1.165, 1.54) is 0 Å². The van der Waals surface area contributed by atoms with E-state index in [1.54, 1.807) is 47.0 Å². The van der Waals surface area contributed by atoms with Gasteiger partial charge in [-0.25, -0.2) is 0 Å². The third-order valence-corrected chi connectivity index (χ3v) is 5.29. The number of hydrogen-bond acceptors (Lipinski definition) is 5. The summed E-state index contributed by atoms with van der Waals surface area (Å²) in [6, 6.07) is 0. The Labute approximate surface area is 86.2 Å². The van der Waals surface area contributed by atoms with Crippen LogP contribution in [0.5, 0.6) is 0 Å². The standard InChI is InChI=1S/C6H14OS4/c1-8-5(9-2)7-6(10-3)11-4/h5-6H,1-4H3. The monoisotopic (exact) mass is 230 g/mol. The minimum absolute atomic E-state index is 0.278. The first-order valence-corrected chi connectivity index (χ1v) is 8.20. The molecule has 0 rings (SSSR count). The molecule has 0 aliphatic rings. The van der Waals surface area contributed by atoms with Gasteiger partial charge >= 0.3 is 0 Å². The summed E-state index contributed by atoms with van der Waals surface area (Å²) in [4.78, 5) is 0. The summed E-state index contributed by atoms with van der Waals surface area (Å²) in [6.07, 6.45) is 8.27. The lowest BCUT2D eigenvalue weighted by Gasteiger charge is -2.18. The third kappa shape index (κ3) is 5.58. The second-order valence-electron chi connectivity index (χ2n) is 1.66. The van der Waals surface area contributed by atoms with Crippen LogP contribution in [0.1, 0.15) is 0 Å². The zero-order valence-corrected chi connectivity index (χ0v) is 10.5. The van der Waals surface area contributed by atoms with E-state index in [1.807, 2.05) is 0 Å². The summed E-state index contributed by atoms with van der Waals surface area (Å²) in [5.74, 6) is 0. The van der Waals surface area contributed by atoms with E-state index in [2.05, 4.69) is 25.0 Å². The highest BCUT2D eigenvalue weighted by Gasteiger charge is 2.11. The molecule has 11 heavy (non-hydrogen) atoms. The Morgan fingerprint density at radius 3 is 1.18 bits per heavy atom. The topological polar surface area (TPSA) is 9.23 Å². The van der Waals surface area contributed by atoms with Crippen molar-refractivity contribution >= 4 is 47.0 Å². The summed E-state index contributed by atoms with van der Waals surface area (Å²) in [6.45, 7) is 0. The minimum atomic E-state index is 0.278. The fraction of sp³-hybridized carbons (Fsp3) is 1.00. The molecule has 0 aliphatic carbocycles. The first-order chi connectivity index (χ1) is 5.28. The van der Waals surface area contributed by atoms with Gasteiger partial charge in [-0.15, -0.1) is 47.0 Å². The van der Waals surface area contributed by atoms with Crippen molar-refractivity contribution in [1.82, 2.24) is 0 Å². The predicted molar refractivity (Wildman–Crippen MR) is 62.7 cm³/mol. The Hall–Kier alpha value is 1.36. The van der Waals surface area contributed by atoms with Crippen LogP contribution < -0.4 is 0 Å². The molecular formula is C6H14OS4. The van der Waals surface area contributed by atoms with Crippen molar-refractivity contribution in [2.45, 2.75) is 9.54 Å². The number of ether oxygens (including phenoxy) is 1. The molecule has 0 saturated heterocycles. The quantitative estimate of drug-likeness (QED) is 0.647. The van der Waals surface area contributed by atoms with Gasteiger partial charge in [0.05, 0.1) is 0 Å². The van der Waals surface area contributed by atoms with Gasteiger partial charge in [0.2, 0.25) is 0 Å². The van der Waals surface area contributed by atoms with Crippen molar-refractivity contribution in [2.24, 2.45) is 0 Å². The largest absolute Gasteiger partial charge is 0.334 e. The SMILES string of the molecule is CSC(OC(SC)SC)SC. The molecule has 0 fully saturated rings. The van der Waals surface area contributed by atoms with Gasteiger partial charge in [-0.2, -0.15) is 0 Å². The first kappa shape index (κ1) is 12.4. The maximum Gasteiger partial charge on any atom is 0.151 e. The smallest absolute Gasteiger partial charge is 0.151 e. The maximum atomic E-state index is 5.70. The molecular weight excluding hydrogens is 216 g/mol. The van der Waals surface area contributed by atoms with Crippen LogP contribution in [0.4, 0.5) is 0 Å². The molecule has 5 heteroatoms. The Bertz CT molecular complexity index is 72.7. The van der Waals surface area contributed by atoms with E-state index in [4.69, 9.17) is 4.74 Å². The third-order valence-electron chi connectivity index (χ3n) is 0.992. The van der Waals surface area contributed by atoms with Crippen LogP contribution in [0.25, 0.3) is 0 Å². The summed E-state index contributed by atoms with van der Waals surface area (Å²) >= 11 is 6.97. The van der Waals surface area contributed by atoms with Gasteiger partial charge in [0.15, 0.2) is 9.54 Å². The summed E-state index contributed by atoms with van der Waals surface area (Å²) in [7, 11) is 0. The molecule has 0 spiro atoms. The lowest BCUT2D eigenvalue weighted by molar-refractivity contribution is 0.196. The molecule has 0 saturated carbocycles. The van der Waals surface area contributed by atoms with E-state index in [-0.39, 0.29) is 9.54 Å². The predicted octanol–water partition coefficient (Wildman–Crippen LogP) is 3.02. The average Bonchev–Trinajstić information content (AvgIpc) is 2.07. The maximum absolute atomic E-state index is 5.70. The van der Waals surface area contributed by atoms with Gasteiger partial charge in [-0.3, -0.25) is 0 Å². The Morgan fingerprint density at radius 1 is 0.727 bits per heavy atom. The molecule has 0 aromatic rings. The number of thioether (sulfide) groups is 4. The van der Waals surface area contributed by atoms with Gasteiger partial charge in [0.25, 0.3) is 0 Å². The van der Waals surface area contributed by atoms with Crippen molar-refractivity contribution in [3.05, 3.63) is 0 Å². The average molecular weight is 230 g/mol. The van der Waals surface area contributed by atoms with Gasteiger partial charge in [-0.05, 0) is 25.0 Å². The van der Waals surface area contributed by atoms with Crippen LogP contribution in [-0.2, 0) is 4.74 Å². The highest BCUT2D eigenvalue weighted by Crippen LogP contribution is 2.28. The molecule has 0 bridgehead atoms. The zero-order chi connectivity index (χ0) is 8.69. The van der Waals surface area contributed by atoms with Gasteiger partial charge in [-0.1, -0.05) is 0 Å². The van der Waals surface area contributed by atoms with Crippen LogP contribution in [0.15, 0.2) is 0 Å². The zero-order valence-electron chi connectivity index (χ0n) is 7.20. The Morgan fingerprint density at radius 2 is 1.00 bits per heavy atom. The normalized spacial score (nSPS) is 11.5. The van der Waals surface area contributed by atoms with Gasteiger partial charge < -0.3 is 4.74 Å². The molecule has 68 valence electrons. The summed E-state index contributed by atoms with van der Waals surface area (Å²) in [5.41, 5.74) is 0. The van der Waals surface area contributed by atoms with E-state index < -0.39 is 0 Å². The van der Waals surface area contributed by atoms with Crippen molar-refractivity contribution in [3.63, 3.8) is 0 Å². The summed E-state index contributed by atoms with van der Waals surface area (Å²) < 4.78 is 6.25. The van der Waals surface area contributed by atoms with Crippen molar-refractivity contribution in [3.8, 4) is 0 Å². The second-order valence-corrected chi connectivity index (χ2v) is 5.85. The molecule has 0 aliphatic heterocycles. The van der Waals surface area contributed by atoms with Crippen molar-refractivity contribution in [2.75, 3.05) is 25.0 Å². The van der Waals surface area contributed by atoms with Crippen molar-refractivity contribution in [1.29, 1.82) is 0 Å². The molecule has 1 nitrogen and oxygen atoms in total. The highest BCUT2D eigenvalue weighted by atomic mass is 32.2. The van der Waals surface area contributed by atoms with Crippen molar-refractivity contribution < 1.29 is 4.74 Å². The first-order valence-electron chi connectivity index (χ1n) is 3.05. The molecule has 0 N–H and O–H groups in total. The lowest BCUT2D eigenvalue weighted by atomic mass is 11.5. The molecule has 0 radical (unpaired) electrons. The lowest BCUT2D eigenvalue weighted by Crippen LogP contribution is -2.09. The second kappa shape index (κ2) is 7.98. The molecule has 0 unspecified atom stereocenters. The molecule has 0 amide bonds. The Kier molecular flexibility index (Phi) is 8.97. The van der Waals surface area contributed by atoms with Crippen LogP contribution in [0, 0.1) is 0 Å². The van der Waals surface area contributed by atoms with E-state index in [0.717, 1.165) is 0 Å². The molecule has 0 atom stereocenters. The van der Waals surface area contributed by atoms with Crippen LogP contribution >= 0.6 is 47.0 Å². The summed E-state index contributed by atoms with van der Waals surface area (Å²) in [5, 5.41) is 0. The minimum Gasteiger partial charge on any atom is -0.334 e. The van der Waals surface area contributed by atoms with Gasteiger partial charge in [0, 0.05) is 0 Å². The number of hydrogen-bond donors (Lipinski definition) is 0. The highest BCUT2D eigenvalue weighted by molar-refractivity contribution is 8.17. The fourth-order valence-electron chi connectivity index (χ4n) is 0.505. The van der Waals surface area contributed by atoms with E-state index >= 15 is 0 Å². The van der Waals surface area contributed by atoms with E-state index in [9.17, 15) is 0 Å². The molecule has 0 aromatic heterocycles. The Balaban J connectivity index is 3.58. The number of rotatable bonds is 6.